The number of aliphatic hydroxyl groups excluding tert-OH is 1. The van der Waals surface area contributed by atoms with E-state index in [4.69, 9.17) is 0 Å². The predicted octanol–water partition coefficient (Wildman–Crippen LogP) is -2.63. The van der Waals surface area contributed by atoms with Crippen molar-refractivity contribution < 1.29 is 54.2 Å². The number of aliphatic carboxylic acids is 1. The zero-order valence-corrected chi connectivity index (χ0v) is 20.4. The summed E-state index contributed by atoms with van der Waals surface area (Å²) in [4.78, 5) is 43.2. The summed E-state index contributed by atoms with van der Waals surface area (Å²) >= 11 is 2.49. The minimum absolute atomic E-state index is 0. The van der Waals surface area contributed by atoms with Crippen LogP contribution in [0.1, 0.15) is 29.3 Å². The smallest absolute Gasteiger partial charge is 0.543 e. The molecule has 2 aliphatic rings. The molecule has 0 aliphatic carbocycles. The quantitative estimate of drug-likeness (QED) is 0.377. The number of fused-ring (bicyclic) bond motifs is 1. The van der Waals surface area contributed by atoms with Crippen LogP contribution in [0.4, 0.5) is 0 Å². The van der Waals surface area contributed by atoms with E-state index in [0.717, 1.165) is 0 Å². The van der Waals surface area contributed by atoms with E-state index in [1.165, 1.54) is 39.8 Å². The molecule has 11 heteroatoms. The largest absolute Gasteiger partial charge is 1.00 e. The van der Waals surface area contributed by atoms with Crippen molar-refractivity contribution in [2.45, 2.75) is 26.0 Å². The molecule has 3 rings (SSSR count). The van der Waals surface area contributed by atoms with Crippen LogP contribution >= 0.6 is 23.1 Å². The summed E-state index contributed by atoms with van der Waals surface area (Å²) in [5.74, 6) is -2.83. The molecule has 150 valence electrons. The summed E-state index contributed by atoms with van der Waals surface area (Å²) in [5.41, 5.74) is 0.217. The van der Waals surface area contributed by atoms with Gasteiger partial charge >= 0.3 is 29.6 Å². The Hall–Kier alpha value is -1.17. The number of thiazole rings is 1. The maximum Gasteiger partial charge on any atom is 1.00 e. The van der Waals surface area contributed by atoms with Gasteiger partial charge in [0.1, 0.15) is 10.7 Å². The first-order valence-electron chi connectivity index (χ1n) is 8.62. The summed E-state index contributed by atoms with van der Waals surface area (Å²) in [6.45, 7) is 3.37. The molecule has 0 bridgehead atoms. The third-order valence-electron chi connectivity index (χ3n) is 4.85. The van der Waals surface area contributed by atoms with Crippen LogP contribution in [-0.2, 0) is 9.59 Å². The first-order valence-corrected chi connectivity index (χ1v) is 10.4. The Morgan fingerprint density at radius 2 is 2.10 bits per heavy atom. The summed E-state index contributed by atoms with van der Waals surface area (Å²) in [6.07, 6.45) is 0.847. The number of carboxylic acid groups (broad SMARTS) is 1. The summed E-state index contributed by atoms with van der Waals surface area (Å²) in [5, 5.41) is 25.4. The van der Waals surface area contributed by atoms with Gasteiger partial charge in [0.2, 0.25) is 5.91 Å². The van der Waals surface area contributed by atoms with E-state index in [2.05, 4.69) is 4.98 Å². The molecule has 1 N–H and O–H groups in total. The molecular formula is C18H20N3NaO5S2. The van der Waals surface area contributed by atoms with Crippen molar-refractivity contribution in [1.29, 1.82) is 0 Å². The molecular weight excluding hydrogens is 425 g/mol. The molecule has 2 aliphatic heterocycles. The number of carboxylic acids is 1. The number of aromatic nitrogens is 1. The van der Waals surface area contributed by atoms with Crippen molar-refractivity contribution in [3.8, 4) is 0 Å². The molecule has 0 radical (unpaired) electrons. The van der Waals surface area contributed by atoms with E-state index < -0.39 is 23.9 Å². The first-order chi connectivity index (χ1) is 13.1. The van der Waals surface area contributed by atoms with Crippen LogP contribution in [0.5, 0.6) is 0 Å². The molecule has 0 unspecified atom stereocenters. The SMILES string of the molecule is C[C@@H](O)[C@H]1C(=O)N2C(C(=O)[O-])=C(S/C=C\c3nc(C(=O)N(C)C)cs3)[C@H](C)[C@H]12.[Na+]. The zero-order chi connectivity index (χ0) is 20.7. The van der Waals surface area contributed by atoms with Crippen molar-refractivity contribution in [2.75, 3.05) is 14.1 Å². The molecule has 4 atom stereocenters. The second kappa shape index (κ2) is 9.32. The molecule has 1 saturated heterocycles. The van der Waals surface area contributed by atoms with E-state index >= 15 is 0 Å². The van der Waals surface area contributed by atoms with Crippen LogP contribution in [0.3, 0.4) is 0 Å². The van der Waals surface area contributed by atoms with Crippen LogP contribution in [0.2, 0.25) is 0 Å². The number of hydrogen-bond acceptors (Lipinski definition) is 8. The van der Waals surface area contributed by atoms with Crippen LogP contribution in [0.25, 0.3) is 6.08 Å². The topological polar surface area (TPSA) is 114 Å². The maximum absolute atomic E-state index is 12.3. The van der Waals surface area contributed by atoms with Gasteiger partial charge in [-0.3, -0.25) is 9.59 Å². The summed E-state index contributed by atoms with van der Waals surface area (Å²) in [6, 6.07) is -0.375. The normalized spacial score (nSPS) is 24.2. The van der Waals surface area contributed by atoms with Crippen LogP contribution < -0.4 is 34.7 Å². The Balaban J connectivity index is 0.00000300. The average molecular weight is 445 g/mol. The van der Waals surface area contributed by atoms with E-state index in [9.17, 15) is 24.6 Å². The molecule has 0 saturated carbocycles. The molecule has 0 spiro atoms. The molecule has 1 aromatic heterocycles. The minimum atomic E-state index is -1.41. The Morgan fingerprint density at radius 1 is 1.45 bits per heavy atom. The van der Waals surface area contributed by atoms with Gasteiger partial charge in [0.05, 0.1) is 29.7 Å². The number of carbonyl (C=O) groups is 3. The molecule has 29 heavy (non-hydrogen) atoms. The number of nitrogens with zero attached hydrogens (tertiary/aromatic N) is 3. The fourth-order valence-corrected chi connectivity index (χ4v) is 5.29. The van der Waals surface area contributed by atoms with Crippen molar-refractivity contribution in [1.82, 2.24) is 14.8 Å². The van der Waals surface area contributed by atoms with Crippen molar-refractivity contribution in [3.05, 3.63) is 32.1 Å². The Kier molecular flexibility index (Phi) is 7.74. The standard InChI is InChI=1S/C18H21N3O5S2.Na/c1-8-13-12(9(2)22)17(24)21(13)14(18(25)26)15(8)27-6-5-11-19-10(7-28-11)16(23)20(3)4;/h5-9,12-13,22H,1-4H3,(H,25,26);/q;+1/p-1/b6-5-;/t8-,9-,12-,13-;/m1./s1. The van der Waals surface area contributed by atoms with Gasteiger partial charge in [-0.25, -0.2) is 4.98 Å². The van der Waals surface area contributed by atoms with Gasteiger partial charge in [0, 0.05) is 30.3 Å². The second-order valence-corrected chi connectivity index (χ2v) is 8.78. The van der Waals surface area contributed by atoms with Crippen molar-refractivity contribution in [2.24, 2.45) is 11.8 Å². The van der Waals surface area contributed by atoms with Crippen LogP contribution in [-0.4, -0.2) is 63.9 Å². The molecule has 1 fully saturated rings. The van der Waals surface area contributed by atoms with Gasteiger partial charge in [-0.2, -0.15) is 0 Å². The number of amides is 2. The molecule has 1 aromatic rings. The number of β-lactam (4-membered cyclic amide) rings is 1. The van der Waals surface area contributed by atoms with E-state index in [0.29, 0.717) is 15.6 Å². The van der Waals surface area contributed by atoms with Gasteiger partial charge < -0.3 is 24.8 Å². The number of aliphatic hydroxyl groups is 1. The molecule has 8 nitrogen and oxygen atoms in total. The van der Waals surface area contributed by atoms with Gasteiger partial charge in [0.25, 0.3) is 5.91 Å². The molecule has 0 aromatic carbocycles. The second-order valence-electron chi connectivity index (χ2n) is 6.95. The minimum Gasteiger partial charge on any atom is -0.543 e. The monoisotopic (exact) mass is 445 g/mol. The van der Waals surface area contributed by atoms with E-state index in [-0.39, 0.29) is 53.1 Å². The fraction of sp³-hybridized carbons (Fsp3) is 0.444. The Labute approximate surface area is 199 Å². The number of rotatable bonds is 6. The molecule has 3 heterocycles. The van der Waals surface area contributed by atoms with Crippen molar-refractivity contribution >= 4 is 47.0 Å². The van der Waals surface area contributed by atoms with Gasteiger partial charge in [-0.15, -0.1) is 11.3 Å². The number of hydrogen-bond donors (Lipinski definition) is 1. The maximum atomic E-state index is 12.3. The zero-order valence-electron chi connectivity index (χ0n) is 16.8. The summed E-state index contributed by atoms with van der Waals surface area (Å²) < 4.78 is 0. The van der Waals surface area contributed by atoms with Crippen molar-refractivity contribution in [3.63, 3.8) is 0 Å². The molecule has 2 amide bonds. The third kappa shape index (κ3) is 4.33. The van der Waals surface area contributed by atoms with Gasteiger partial charge in [0.15, 0.2) is 0 Å². The van der Waals surface area contributed by atoms with E-state index in [1.807, 2.05) is 6.92 Å². The van der Waals surface area contributed by atoms with E-state index in [1.54, 1.807) is 31.0 Å². The van der Waals surface area contributed by atoms with Crippen LogP contribution in [0, 0.1) is 11.8 Å². The average Bonchev–Trinajstić information content (AvgIpc) is 3.16. The van der Waals surface area contributed by atoms with Gasteiger partial charge in [-0.1, -0.05) is 18.7 Å². The summed E-state index contributed by atoms with van der Waals surface area (Å²) in [7, 11) is 3.29. The number of thioether (sulfide) groups is 1. The fourth-order valence-electron chi connectivity index (χ4n) is 3.53. The predicted molar refractivity (Wildman–Crippen MR) is 104 cm³/mol. The van der Waals surface area contributed by atoms with Crippen LogP contribution in [0.15, 0.2) is 21.4 Å². The number of carbonyl (C=O) groups excluding carboxylic acids is 3. The first kappa shape index (κ1) is 24.1. The third-order valence-corrected chi connectivity index (χ3v) is 6.76. The Bertz CT molecular complexity index is 896. The Morgan fingerprint density at radius 3 is 2.66 bits per heavy atom. The van der Waals surface area contributed by atoms with Gasteiger partial charge in [-0.05, 0) is 18.4 Å².